The van der Waals surface area contributed by atoms with E-state index in [1.165, 1.54) is 30.0 Å². The SMILES string of the molecule is O=C(O)C1Oc2ccc(F)cc2Sc2ccc(Cl)cc21. The maximum atomic E-state index is 13.3. The van der Waals surface area contributed by atoms with E-state index in [4.69, 9.17) is 16.3 Å². The summed E-state index contributed by atoms with van der Waals surface area (Å²) in [6.07, 6.45) is -1.16. The highest BCUT2D eigenvalue weighted by atomic mass is 35.5. The van der Waals surface area contributed by atoms with Crippen LogP contribution < -0.4 is 4.74 Å². The van der Waals surface area contributed by atoms with Crippen molar-refractivity contribution in [1.82, 2.24) is 0 Å². The molecule has 0 saturated heterocycles. The number of fused-ring (bicyclic) bond motifs is 2. The predicted molar refractivity (Wildman–Crippen MR) is 73.0 cm³/mol. The van der Waals surface area contributed by atoms with E-state index < -0.39 is 17.9 Å². The van der Waals surface area contributed by atoms with Gasteiger partial charge in [0.15, 0.2) is 0 Å². The van der Waals surface area contributed by atoms with Crippen LogP contribution in [0.4, 0.5) is 4.39 Å². The van der Waals surface area contributed by atoms with Crippen LogP contribution in [0.1, 0.15) is 11.7 Å². The van der Waals surface area contributed by atoms with E-state index in [9.17, 15) is 14.3 Å². The van der Waals surface area contributed by atoms with Gasteiger partial charge in [-0.05, 0) is 36.4 Å². The Hall–Kier alpha value is -1.72. The summed E-state index contributed by atoms with van der Waals surface area (Å²) in [5, 5.41) is 9.76. The molecule has 3 rings (SSSR count). The second-order valence-electron chi connectivity index (χ2n) is 4.21. The number of hydrogen-bond donors (Lipinski definition) is 1. The fourth-order valence-electron chi connectivity index (χ4n) is 1.97. The first-order valence-electron chi connectivity index (χ1n) is 5.71. The molecule has 1 atom stereocenters. The van der Waals surface area contributed by atoms with Crippen molar-refractivity contribution in [2.75, 3.05) is 0 Å². The monoisotopic (exact) mass is 310 g/mol. The second-order valence-corrected chi connectivity index (χ2v) is 5.73. The zero-order chi connectivity index (χ0) is 14.3. The van der Waals surface area contributed by atoms with Crippen molar-refractivity contribution in [2.24, 2.45) is 0 Å². The summed E-state index contributed by atoms with van der Waals surface area (Å²) in [5.41, 5.74) is 0.464. The summed E-state index contributed by atoms with van der Waals surface area (Å²) in [4.78, 5) is 12.6. The zero-order valence-electron chi connectivity index (χ0n) is 9.97. The van der Waals surface area contributed by atoms with E-state index >= 15 is 0 Å². The number of benzene rings is 2. The summed E-state index contributed by atoms with van der Waals surface area (Å²) in [6.45, 7) is 0. The molecular formula is C14H8ClFO3S. The van der Waals surface area contributed by atoms with Crippen molar-refractivity contribution in [3.63, 3.8) is 0 Å². The molecule has 2 aromatic rings. The van der Waals surface area contributed by atoms with E-state index in [1.54, 1.807) is 18.2 Å². The van der Waals surface area contributed by atoms with Gasteiger partial charge in [-0.15, -0.1) is 0 Å². The predicted octanol–water partition coefficient (Wildman–Crippen LogP) is 4.15. The van der Waals surface area contributed by atoms with Crippen LogP contribution in [0, 0.1) is 5.82 Å². The lowest BCUT2D eigenvalue weighted by Gasteiger charge is -2.14. The molecule has 0 saturated carbocycles. The van der Waals surface area contributed by atoms with E-state index in [0.29, 0.717) is 26.1 Å². The minimum Gasteiger partial charge on any atom is -0.478 e. The van der Waals surface area contributed by atoms with E-state index in [1.807, 2.05) is 0 Å². The van der Waals surface area contributed by atoms with Crippen molar-refractivity contribution >= 4 is 29.3 Å². The maximum Gasteiger partial charge on any atom is 0.349 e. The molecule has 0 spiro atoms. The van der Waals surface area contributed by atoms with Crippen molar-refractivity contribution < 1.29 is 19.0 Å². The fourth-order valence-corrected chi connectivity index (χ4v) is 3.19. The Bertz CT molecular complexity index is 705. The molecule has 0 radical (unpaired) electrons. The first-order valence-corrected chi connectivity index (χ1v) is 6.90. The number of ether oxygens (including phenoxy) is 1. The molecule has 0 aromatic heterocycles. The van der Waals surface area contributed by atoms with Gasteiger partial charge < -0.3 is 9.84 Å². The molecule has 1 N–H and O–H groups in total. The first kappa shape index (κ1) is 13.3. The van der Waals surface area contributed by atoms with E-state index in [2.05, 4.69) is 0 Å². The van der Waals surface area contributed by atoms with Crippen LogP contribution in [-0.2, 0) is 4.79 Å². The average molecular weight is 311 g/mol. The Labute approximate surface area is 123 Å². The van der Waals surface area contributed by atoms with Gasteiger partial charge in [-0.25, -0.2) is 9.18 Å². The lowest BCUT2D eigenvalue weighted by Crippen LogP contribution is -2.18. The van der Waals surface area contributed by atoms with Crippen LogP contribution in [0.25, 0.3) is 0 Å². The molecule has 0 bridgehead atoms. The summed E-state index contributed by atoms with van der Waals surface area (Å²) < 4.78 is 18.8. The van der Waals surface area contributed by atoms with Crippen LogP contribution >= 0.6 is 23.4 Å². The summed E-state index contributed by atoms with van der Waals surface area (Å²) in [7, 11) is 0. The molecule has 0 aliphatic carbocycles. The summed E-state index contributed by atoms with van der Waals surface area (Å²) in [5.74, 6) is -1.17. The molecular weight excluding hydrogens is 303 g/mol. The Balaban J connectivity index is 2.18. The third kappa shape index (κ3) is 2.34. The maximum absolute atomic E-state index is 13.3. The topological polar surface area (TPSA) is 46.5 Å². The van der Waals surface area contributed by atoms with Gasteiger partial charge in [0, 0.05) is 15.5 Å². The highest BCUT2D eigenvalue weighted by molar-refractivity contribution is 7.99. The van der Waals surface area contributed by atoms with Gasteiger partial charge >= 0.3 is 5.97 Å². The second kappa shape index (κ2) is 5.00. The molecule has 3 nitrogen and oxygen atoms in total. The number of carboxylic acid groups (broad SMARTS) is 1. The van der Waals surface area contributed by atoms with Crippen molar-refractivity contribution in [3.8, 4) is 5.75 Å². The molecule has 1 aliphatic heterocycles. The zero-order valence-corrected chi connectivity index (χ0v) is 11.5. The minimum atomic E-state index is -1.16. The Morgan fingerprint density at radius 1 is 1.25 bits per heavy atom. The lowest BCUT2D eigenvalue weighted by atomic mass is 10.1. The van der Waals surface area contributed by atoms with Gasteiger partial charge in [-0.1, -0.05) is 23.4 Å². The van der Waals surface area contributed by atoms with Crippen molar-refractivity contribution in [2.45, 2.75) is 15.9 Å². The van der Waals surface area contributed by atoms with E-state index in [-0.39, 0.29) is 0 Å². The van der Waals surface area contributed by atoms with Gasteiger partial charge in [0.25, 0.3) is 0 Å². The summed E-state index contributed by atoms with van der Waals surface area (Å²) in [6, 6.07) is 8.92. The number of hydrogen-bond acceptors (Lipinski definition) is 3. The molecule has 1 heterocycles. The molecule has 6 heteroatoms. The van der Waals surface area contributed by atoms with Gasteiger partial charge in [0.1, 0.15) is 11.6 Å². The summed E-state index contributed by atoms with van der Waals surface area (Å²) >= 11 is 7.18. The highest BCUT2D eigenvalue weighted by Gasteiger charge is 2.29. The number of carbonyl (C=O) groups is 1. The molecule has 0 fully saturated rings. The Morgan fingerprint density at radius 2 is 2.05 bits per heavy atom. The molecule has 0 amide bonds. The normalized spacial score (nSPS) is 16.6. The molecule has 1 aliphatic rings. The third-order valence-electron chi connectivity index (χ3n) is 2.85. The van der Waals surface area contributed by atoms with Crippen LogP contribution in [0.3, 0.4) is 0 Å². The van der Waals surface area contributed by atoms with Gasteiger partial charge in [-0.3, -0.25) is 0 Å². The number of rotatable bonds is 1. The van der Waals surface area contributed by atoms with Crippen LogP contribution in [0.5, 0.6) is 5.75 Å². The van der Waals surface area contributed by atoms with Crippen LogP contribution in [-0.4, -0.2) is 11.1 Å². The van der Waals surface area contributed by atoms with Crippen LogP contribution in [0.15, 0.2) is 46.2 Å². The van der Waals surface area contributed by atoms with Crippen molar-refractivity contribution in [3.05, 3.63) is 52.8 Å². The average Bonchev–Trinajstić information content (AvgIpc) is 2.54. The molecule has 20 heavy (non-hydrogen) atoms. The van der Waals surface area contributed by atoms with Gasteiger partial charge in [0.2, 0.25) is 6.10 Å². The standard InChI is InChI=1S/C14H8ClFO3S/c15-7-1-4-11-9(5-7)13(14(17)18)19-10-3-2-8(16)6-12(10)20-11/h1-6,13H,(H,17,18). The largest absolute Gasteiger partial charge is 0.478 e. The molecule has 1 unspecified atom stereocenters. The lowest BCUT2D eigenvalue weighted by molar-refractivity contribution is -0.145. The highest BCUT2D eigenvalue weighted by Crippen LogP contribution is 2.44. The quantitative estimate of drug-likeness (QED) is 0.859. The fraction of sp³-hybridized carbons (Fsp3) is 0.0714. The van der Waals surface area contributed by atoms with Gasteiger partial charge in [0.05, 0.1) is 4.90 Å². The Kier molecular flexibility index (Phi) is 3.31. The smallest absolute Gasteiger partial charge is 0.349 e. The van der Waals surface area contributed by atoms with E-state index in [0.717, 1.165) is 0 Å². The number of halogens is 2. The van der Waals surface area contributed by atoms with Gasteiger partial charge in [-0.2, -0.15) is 0 Å². The molecule has 2 aromatic carbocycles. The third-order valence-corrected chi connectivity index (χ3v) is 4.21. The van der Waals surface area contributed by atoms with Crippen LogP contribution in [0.2, 0.25) is 5.02 Å². The number of aliphatic carboxylic acids is 1. The Morgan fingerprint density at radius 3 is 2.80 bits per heavy atom. The van der Waals surface area contributed by atoms with Crippen molar-refractivity contribution in [1.29, 1.82) is 0 Å². The minimum absolute atomic E-state index is 0.344. The first-order chi connectivity index (χ1) is 9.54. The molecule has 102 valence electrons. The number of carboxylic acids is 1.